The molecule has 0 saturated heterocycles. The van der Waals surface area contributed by atoms with E-state index in [9.17, 15) is 19.2 Å². The summed E-state index contributed by atoms with van der Waals surface area (Å²) in [6.45, 7) is 0. The fourth-order valence-electron chi connectivity index (χ4n) is 3.21. The second-order valence-electron chi connectivity index (χ2n) is 6.93. The molecule has 8 nitrogen and oxygen atoms in total. The SMILES string of the molecule is COC(=O)c1ccc(C(=O)OC)c(NC(=O)C(=O)NC(c2ccccc2)c2ccccc2)c1. The number of esters is 2. The Morgan fingerprint density at radius 2 is 1.24 bits per heavy atom. The number of rotatable bonds is 6. The van der Waals surface area contributed by atoms with Gasteiger partial charge in [0.15, 0.2) is 0 Å². The van der Waals surface area contributed by atoms with E-state index in [1.54, 1.807) is 0 Å². The Labute approximate surface area is 190 Å². The fraction of sp³-hybridized carbons (Fsp3) is 0.120. The molecule has 0 aliphatic carbocycles. The summed E-state index contributed by atoms with van der Waals surface area (Å²) >= 11 is 0. The average molecular weight is 446 g/mol. The lowest BCUT2D eigenvalue weighted by molar-refractivity contribution is -0.136. The molecule has 2 amide bonds. The number of hydrogen-bond donors (Lipinski definition) is 2. The van der Waals surface area contributed by atoms with Crippen molar-refractivity contribution in [2.75, 3.05) is 19.5 Å². The van der Waals surface area contributed by atoms with Gasteiger partial charge in [0.05, 0.1) is 37.1 Å². The van der Waals surface area contributed by atoms with Gasteiger partial charge in [0.2, 0.25) is 0 Å². The molecule has 8 heteroatoms. The number of benzene rings is 3. The minimum absolute atomic E-state index is 0.0195. The molecule has 0 bridgehead atoms. The summed E-state index contributed by atoms with van der Waals surface area (Å²) in [5.74, 6) is -3.35. The number of anilines is 1. The molecule has 0 radical (unpaired) electrons. The van der Waals surface area contributed by atoms with Crippen molar-refractivity contribution in [3.63, 3.8) is 0 Å². The number of hydrogen-bond acceptors (Lipinski definition) is 6. The molecule has 0 atom stereocenters. The summed E-state index contributed by atoms with van der Waals surface area (Å²) in [7, 11) is 2.38. The summed E-state index contributed by atoms with van der Waals surface area (Å²) < 4.78 is 9.39. The second-order valence-corrected chi connectivity index (χ2v) is 6.93. The van der Waals surface area contributed by atoms with Crippen molar-refractivity contribution in [3.05, 3.63) is 101 Å². The maximum atomic E-state index is 12.8. The number of methoxy groups -OCH3 is 2. The maximum Gasteiger partial charge on any atom is 0.339 e. The fourth-order valence-corrected chi connectivity index (χ4v) is 3.21. The van der Waals surface area contributed by atoms with Crippen LogP contribution >= 0.6 is 0 Å². The Hall–Kier alpha value is -4.46. The molecule has 3 rings (SSSR count). The number of ether oxygens (including phenoxy) is 2. The Morgan fingerprint density at radius 3 is 1.76 bits per heavy atom. The molecule has 0 aliphatic heterocycles. The Bertz CT molecular complexity index is 1120. The van der Waals surface area contributed by atoms with Gasteiger partial charge in [0.1, 0.15) is 0 Å². The van der Waals surface area contributed by atoms with Crippen molar-refractivity contribution in [1.29, 1.82) is 0 Å². The molecule has 2 N–H and O–H groups in total. The third kappa shape index (κ3) is 5.62. The maximum absolute atomic E-state index is 12.8. The zero-order chi connectivity index (χ0) is 23.8. The third-order valence-electron chi connectivity index (χ3n) is 4.84. The summed E-state index contributed by atoms with van der Waals surface area (Å²) in [6.07, 6.45) is 0. The van der Waals surface area contributed by atoms with Crippen LogP contribution in [0.25, 0.3) is 0 Å². The smallest absolute Gasteiger partial charge is 0.339 e. The molecule has 0 heterocycles. The second kappa shape index (κ2) is 10.7. The van der Waals surface area contributed by atoms with Gasteiger partial charge >= 0.3 is 23.8 Å². The van der Waals surface area contributed by atoms with E-state index in [4.69, 9.17) is 4.74 Å². The molecular weight excluding hydrogens is 424 g/mol. The van der Waals surface area contributed by atoms with Gasteiger partial charge in [-0.05, 0) is 29.3 Å². The van der Waals surface area contributed by atoms with Crippen molar-refractivity contribution < 1.29 is 28.7 Å². The molecule has 33 heavy (non-hydrogen) atoms. The van der Waals surface area contributed by atoms with Crippen molar-refractivity contribution in [1.82, 2.24) is 5.32 Å². The van der Waals surface area contributed by atoms with Gasteiger partial charge in [-0.15, -0.1) is 0 Å². The summed E-state index contributed by atoms with van der Waals surface area (Å²) in [5, 5.41) is 5.12. The molecule has 3 aromatic carbocycles. The van der Waals surface area contributed by atoms with E-state index >= 15 is 0 Å². The van der Waals surface area contributed by atoms with E-state index in [1.165, 1.54) is 32.4 Å². The molecule has 0 saturated carbocycles. The molecule has 0 aromatic heterocycles. The molecule has 0 aliphatic rings. The molecule has 168 valence electrons. The zero-order valence-corrected chi connectivity index (χ0v) is 18.0. The molecule has 0 spiro atoms. The summed E-state index contributed by atoms with van der Waals surface area (Å²) in [6, 6.07) is 21.7. The highest BCUT2D eigenvalue weighted by atomic mass is 16.5. The van der Waals surface area contributed by atoms with E-state index < -0.39 is 29.8 Å². The minimum atomic E-state index is -1.01. The van der Waals surface area contributed by atoms with Crippen LogP contribution in [0.5, 0.6) is 0 Å². The van der Waals surface area contributed by atoms with Crippen LogP contribution < -0.4 is 10.6 Å². The third-order valence-corrected chi connectivity index (χ3v) is 4.84. The predicted molar refractivity (Wildman–Crippen MR) is 121 cm³/mol. The van der Waals surface area contributed by atoms with Crippen molar-refractivity contribution in [2.24, 2.45) is 0 Å². The van der Waals surface area contributed by atoms with E-state index in [0.29, 0.717) is 0 Å². The summed E-state index contributed by atoms with van der Waals surface area (Å²) in [4.78, 5) is 49.5. The number of amides is 2. The Kier molecular flexibility index (Phi) is 7.54. The van der Waals surface area contributed by atoms with Gasteiger partial charge in [-0.1, -0.05) is 60.7 Å². The van der Waals surface area contributed by atoms with Crippen molar-refractivity contribution >= 4 is 29.4 Å². The lowest BCUT2D eigenvalue weighted by Crippen LogP contribution is -2.38. The van der Waals surface area contributed by atoms with E-state index in [-0.39, 0.29) is 16.8 Å². The first-order chi connectivity index (χ1) is 15.9. The van der Waals surface area contributed by atoms with E-state index in [1.807, 2.05) is 60.7 Å². The van der Waals surface area contributed by atoms with E-state index in [2.05, 4.69) is 15.4 Å². The minimum Gasteiger partial charge on any atom is -0.465 e. The van der Waals surface area contributed by atoms with Crippen LogP contribution in [0.2, 0.25) is 0 Å². The largest absolute Gasteiger partial charge is 0.465 e. The first-order valence-electron chi connectivity index (χ1n) is 9.97. The normalized spacial score (nSPS) is 10.3. The number of carbonyl (C=O) groups excluding carboxylic acids is 4. The highest BCUT2D eigenvalue weighted by Gasteiger charge is 2.24. The van der Waals surface area contributed by atoms with Crippen LogP contribution in [0.15, 0.2) is 78.9 Å². The molecule has 0 fully saturated rings. The predicted octanol–water partition coefficient (Wildman–Crippen LogP) is 3.10. The standard InChI is InChI=1S/C25H22N2O6/c1-32-24(30)18-13-14-19(25(31)33-2)20(15-18)26-22(28)23(29)27-21(16-9-5-3-6-10-16)17-11-7-4-8-12-17/h3-15,21H,1-2H3,(H,26,28)(H,27,29). The number of carbonyl (C=O) groups is 4. The van der Waals surface area contributed by atoms with Crippen LogP contribution in [0.1, 0.15) is 37.9 Å². The zero-order valence-electron chi connectivity index (χ0n) is 18.0. The highest BCUT2D eigenvalue weighted by molar-refractivity contribution is 6.40. The lowest BCUT2D eigenvalue weighted by Gasteiger charge is -2.20. The van der Waals surface area contributed by atoms with Crippen LogP contribution in [0, 0.1) is 0 Å². The molecule has 0 unspecified atom stereocenters. The van der Waals surface area contributed by atoms with Gasteiger partial charge < -0.3 is 20.1 Å². The number of nitrogens with one attached hydrogen (secondary N) is 2. The van der Waals surface area contributed by atoms with E-state index in [0.717, 1.165) is 11.1 Å². The van der Waals surface area contributed by atoms with Crippen molar-refractivity contribution in [3.8, 4) is 0 Å². The van der Waals surface area contributed by atoms with Gasteiger partial charge in [-0.2, -0.15) is 0 Å². The van der Waals surface area contributed by atoms with Gasteiger partial charge in [-0.25, -0.2) is 9.59 Å². The van der Waals surface area contributed by atoms with Gasteiger partial charge in [-0.3, -0.25) is 9.59 Å². The van der Waals surface area contributed by atoms with Crippen LogP contribution in [-0.4, -0.2) is 38.0 Å². The highest BCUT2D eigenvalue weighted by Crippen LogP contribution is 2.23. The summed E-state index contributed by atoms with van der Waals surface area (Å²) in [5.41, 5.74) is 1.59. The quantitative estimate of drug-likeness (QED) is 0.445. The van der Waals surface area contributed by atoms with Gasteiger partial charge in [0, 0.05) is 0 Å². The first-order valence-corrected chi connectivity index (χ1v) is 9.97. The van der Waals surface area contributed by atoms with Crippen molar-refractivity contribution in [2.45, 2.75) is 6.04 Å². The van der Waals surface area contributed by atoms with Crippen LogP contribution in [-0.2, 0) is 19.1 Å². The van der Waals surface area contributed by atoms with Crippen LogP contribution in [0.3, 0.4) is 0 Å². The molecule has 3 aromatic rings. The lowest BCUT2D eigenvalue weighted by atomic mass is 9.98. The average Bonchev–Trinajstić information content (AvgIpc) is 2.87. The first kappa shape index (κ1) is 23.2. The van der Waals surface area contributed by atoms with Gasteiger partial charge in [0.25, 0.3) is 0 Å². The Morgan fingerprint density at radius 1 is 0.697 bits per heavy atom. The topological polar surface area (TPSA) is 111 Å². The Balaban J connectivity index is 1.87. The molecular formula is C25H22N2O6. The van der Waals surface area contributed by atoms with Crippen LogP contribution in [0.4, 0.5) is 5.69 Å². The monoisotopic (exact) mass is 446 g/mol.